The van der Waals surface area contributed by atoms with Crippen LogP contribution < -0.4 is 9.64 Å². The number of hydrogen-bond donors (Lipinski definition) is 0. The van der Waals surface area contributed by atoms with Gasteiger partial charge in [-0.05, 0) is 81.8 Å². The highest BCUT2D eigenvalue weighted by atomic mass is 16.5. The predicted octanol–water partition coefficient (Wildman–Crippen LogP) is 7.61. The van der Waals surface area contributed by atoms with Crippen molar-refractivity contribution in [2.75, 3.05) is 38.2 Å². The molecule has 1 aliphatic carbocycles. The van der Waals surface area contributed by atoms with Crippen LogP contribution in [0.25, 0.3) is 0 Å². The van der Waals surface area contributed by atoms with Gasteiger partial charge in [0.05, 0.1) is 7.11 Å². The Labute approximate surface area is 198 Å². The van der Waals surface area contributed by atoms with Gasteiger partial charge in [0.2, 0.25) is 0 Å². The number of ether oxygens (including phenoxy) is 1. The van der Waals surface area contributed by atoms with Gasteiger partial charge in [-0.3, -0.25) is 0 Å². The number of fused-ring (bicyclic) bond motifs is 1. The van der Waals surface area contributed by atoms with Gasteiger partial charge in [-0.25, -0.2) is 0 Å². The average molecular weight is 443 g/mol. The number of hydrogen-bond acceptors (Lipinski definition) is 3. The summed E-state index contributed by atoms with van der Waals surface area (Å²) in [5.74, 6) is 0.998. The molecular weight excluding hydrogens is 392 g/mol. The van der Waals surface area contributed by atoms with Crippen molar-refractivity contribution in [2.45, 2.75) is 116 Å². The van der Waals surface area contributed by atoms with E-state index in [-0.39, 0.29) is 0 Å². The highest BCUT2D eigenvalue weighted by Crippen LogP contribution is 2.30. The van der Waals surface area contributed by atoms with Gasteiger partial charge in [0.1, 0.15) is 5.75 Å². The molecular formula is C29H50N2O. The lowest BCUT2D eigenvalue weighted by Gasteiger charge is -2.34. The fourth-order valence-corrected chi connectivity index (χ4v) is 5.90. The Morgan fingerprint density at radius 2 is 1.59 bits per heavy atom. The van der Waals surface area contributed by atoms with Gasteiger partial charge in [-0.2, -0.15) is 0 Å². The summed E-state index contributed by atoms with van der Waals surface area (Å²) in [6.07, 6.45) is 22.4. The van der Waals surface area contributed by atoms with Gasteiger partial charge in [-0.1, -0.05) is 64.7 Å². The Morgan fingerprint density at radius 3 is 2.31 bits per heavy atom. The molecule has 2 aliphatic rings. The van der Waals surface area contributed by atoms with E-state index in [1.807, 2.05) is 0 Å². The highest BCUT2D eigenvalue weighted by Gasteiger charge is 2.20. The van der Waals surface area contributed by atoms with Crippen LogP contribution in [0, 0.1) is 0 Å². The molecule has 0 unspecified atom stereocenters. The summed E-state index contributed by atoms with van der Waals surface area (Å²) < 4.78 is 5.41. The molecule has 0 saturated heterocycles. The standard InChI is InChI=1S/C29H50N2O/c1-3-21-30(27-17-11-10-12-18-27)22-13-8-6-4-5-7-9-14-23-31-24-15-16-26-25-28(32-2)19-20-29(26)31/h19-20,25,27H,3-18,21-24H2,1-2H3. The Bertz CT molecular complexity index is 626. The largest absolute Gasteiger partial charge is 0.497 e. The molecule has 0 atom stereocenters. The van der Waals surface area contributed by atoms with Crippen molar-refractivity contribution in [3.8, 4) is 5.75 Å². The molecule has 1 heterocycles. The van der Waals surface area contributed by atoms with Crippen molar-refractivity contribution in [2.24, 2.45) is 0 Å². The molecule has 1 fully saturated rings. The van der Waals surface area contributed by atoms with E-state index in [0.29, 0.717) is 0 Å². The van der Waals surface area contributed by atoms with Gasteiger partial charge in [-0.15, -0.1) is 0 Å². The maximum absolute atomic E-state index is 5.41. The average Bonchev–Trinajstić information content (AvgIpc) is 2.84. The van der Waals surface area contributed by atoms with Gasteiger partial charge < -0.3 is 14.5 Å². The summed E-state index contributed by atoms with van der Waals surface area (Å²) in [4.78, 5) is 5.43. The van der Waals surface area contributed by atoms with Crippen molar-refractivity contribution in [1.82, 2.24) is 4.90 Å². The Hall–Kier alpha value is -1.22. The maximum atomic E-state index is 5.41. The third-order valence-corrected chi connectivity index (χ3v) is 7.73. The van der Waals surface area contributed by atoms with Crippen LogP contribution in [0.4, 0.5) is 5.69 Å². The molecule has 3 rings (SSSR count). The summed E-state index contributed by atoms with van der Waals surface area (Å²) in [6.45, 7) is 7.45. The predicted molar refractivity (Wildman–Crippen MR) is 139 cm³/mol. The quantitative estimate of drug-likeness (QED) is 0.260. The second-order valence-electron chi connectivity index (χ2n) is 10.2. The third-order valence-electron chi connectivity index (χ3n) is 7.73. The fourth-order valence-electron chi connectivity index (χ4n) is 5.90. The SMILES string of the molecule is CCCN(CCCCCCCCCCN1CCCc2cc(OC)ccc21)C1CCCCC1. The molecule has 0 bridgehead atoms. The first kappa shape index (κ1) is 25.4. The van der Waals surface area contributed by atoms with E-state index in [1.54, 1.807) is 7.11 Å². The number of anilines is 1. The molecule has 0 N–H and O–H groups in total. The zero-order valence-corrected chi connectivity index (χ0v) is 21.3. The van der Waals surface area contributed by atoms with Crippen LogP contribution in [0.1, 0.15) is 109 Å². The zero-order valence-electron chi connectivity index (χ0n) is 21.3. The molecule has 0 radical (unpaired) electrons. The van der Waals surface area contributed by atoms with Crippen molar-refractivity contribution >= 4 is 5.69 Å². The first-order valence-corrected chi connectivity index (χ1v) is 14.0. The van der Waals surface area contributed by atoms with Crippen molar-refractivity contribution in [3.05, 3.63) is 23.8 Å². The molecule has 0 spiro atoms. The van der Waals surface area contributed by atoms with Gasteiger partial charge in [0, 0.05) is 24.8 Å². The molecule has 3 nitrogen and oxygen atoms in total. The lowest BCUT2D eigenvalue weighted by atomic mass is 9.94. The molecule has 1 aromatic carbocycles. The Balaban J connectivity index is 1.20. The first-order chi connectivity index (χ1) is 15.8. The smallest absolute Gasteiger partial charge is 0.119 e. The van der Waals surface area contributed by atoms with Gasteiger partial charge in [0.15, 0.2) is 0 Å². The fraction of sp³-hybridized carbons (Fsp3) is 0.793. The minimum absolute atomic E-state index is 0.901. The number of unbranched alkanes of at least 4 members (excludes halogenated alkanes) is 7. The topological polar surface area (TPSA) is 15.7 Å². The van der Waals surface area contributed by atoms with E-state index in [2.05, 4.69) is 34.9 Å². The Morgan fingerprint density at radius 1 is 0.875 bits per heavy atom. The number of benzene rings is 1. The Kier molecular flexibility index (Phi) is 11.8. The lowest BCUT2D eigenvalue weighted by Crippen LogP contribution is -2.38. The van der Waals surface area contributed by atoms with E-state index in [0.717, 1.165) is 11.8 Å². The highest BCUT2D eigenvalue weighted by molar-refractivity contribution is 5.58. The van der Waals surface area contributed by atoms with Crippen LogP contribution in [0.3, 0.4) is 0 Å². The summed E-state index contributed by atoms with van der Waals surface area (Å²) in [7, 11) is 1.76. The molecule has 1 aliphatic heterocycles. The second-order valence-corrected chi connectivity index (χ2v) is 10.2. The van der Waals surface area contributed by atoms with Crippen LogP contribution in [-0.2, 0) is 6.42 Å². The molecule has 0 aromatic heterocycles. The van der Waals surface area contributed by atoms with Gasteiger partial charge >= 0.3 is 0 Å². The minimum Gasteiger partial charge on any atom is -0.497 e. The maximum Gasteiger partial charge on any atom is 0.119 e. The molecule has 1 aromatic rings. The van der Waals surface area contributed by atoms with E-state index in [1.165, 1.54) is 140 Å². The van der Waals surface area contributed by atoms with Crippen molar-refractivity contribution in [1.29, 1.82) is 0 Å². The number of aryl methyl sites for hydroxylation is 1. The van der Waals surface area contributed by atoms with Crippen molar-refractivity contribution in [3.63, 3.8) is 0 Å². The molecule has 0 amide bonds. The van der Waals surface area contributed by atoms with Crippen LogP contribution in [-0.4, -0.2) is 44.2 Å². The summed E-state index contributed by atoms with van der Waals surface area (Å²) >= 11 is 0. The van der Waals surface area contributed by atoms with Crippen LogP contribution in [0.5, 0.6) is 5.75 Å². The number of methoxy groups -OCH3 is 1. The van der Waals surface area contributed by atoms with E-state index >= 15 is 0 Å². The van der Waals surface area contributed by atoms with E-state index in [9.17, 15) is 0 Å². The lowest BCUT2D eigenvalue weighted by molar-refractivity contribution is 0.153. The van der Waals surface area contributed by atoms with Crippen molar-refractivity contribution < 1.29 is 4.74 Å². The van der Waals surface area contributed by atoms with Crippen LogP contribution in [0.15, 0.2) is 18.2 Å². The third kappa shape index (κ3) is 8.28. The summed E-state index contributed by atoms with van der Waals surface area (Å²) in [5.41, 5.74) is 2.92. The minimum atomic E-state index is 0.901. The van der Waals surface area contributed by atoms with Crippen LogP contribution in [0.2, 0.25) is 0 Å². The molecule has 32 heavy (non-hydrogen) atoms. The normalized spacial score (nSPS) is 17.0. The molecule has 182 valence electrons. The second kappa shape index (κ2) is 14.8. The van der Waals surface area contributed by atoms with Crippen LogP contribution >= 0.6 is 0 Å². The monoisotopic (exact) mass is 442 g/mol. The van der Waals surface area contributed by atoms with Gasteiger partial charge in [0.25, 0.3) is 0 Å². The van der Waals surface area contributed by atoms with E-state index in [4.69, 9.17) is 4.74 Å². The molecule has 1 saturated carbocycles. The number of rotatable bonds is 15. The summed E-state index contributed by atoms with van der Waals surface area (Å²) in [5, 5.41) is 0. The molecule has 3 heteroatoms. The first-order valence-electron chi connectivity index (χ1n) is 14.0. The summed E-state index contributed by atoms with van der Waals surface area (Å²) in [6, 6.07) is 7.52. The number of nitrogens with zero attached hydrogens (tertiary/aromatic N) is 2. The zero-order chi connectivity index (χ0) is 22.4. The van der Waals surface area contributed by atoms with E-state index < -0.39 is 0 Å².